The van der Waals surface area contributed by atoms with Crippen molar-refractivity contribution in [3.05, 3.63) is 35.4 Å². The van der Waals surface area contributed by atoms with E-state index in [4.69, 9.17) is 9.47 Å². The van der Waals surface area contributed by atoms with Crippen molar-refractivity contribution >= 4 is 23.9 Å². The third-order valence-electron chi connectivity index (χ3n) is 6.50. The molecular weight excluding hydrogens is 498 g/mol. The molecule has 9 heteroatoms. The van der Waals surface area contributed by atoms with Gasteiger partial charge < -0.3 is 25.0 Å². The molecule has 2 N–H and O–H groups in total. The zero-order valence-corrected chi connectivity index (χ0v) is 25.5. The average molecular weight is 548 g/mol. The first-order chi connectivity index (χ1) is 18.1. The largest absolute Gasteiger partial charge is 0.466 e. The summed E-state index contributed by atoms with van der Waals surface area (Å²) in [4.78, 5) is 54.2. The molecule has 0 heterocycles. The summed E-state index contributed by atoms with van der Waals surface area (Å²) < 4.78 is 10.4. The van der Waals surface area contributed by atoms with Crippen LogP contribution >= 0.6 is 0 Å². The molecule has 0 radical (unpaired) electrons. The van der Waals surface area contributed by atoms with Crippen LogP contribution in [0.4, 0.5) is 4.79 Å². The number of esters is 1. The highest BCUT2D eigenvalue weighted by atomic mass is 16.6. The minimum absolute atomic E-state index is 0.0149. The summed E-state index contributed by atoms with van der Waals surface area (Å²) in [6.07, 6.45) is 0.692. The van der Waals surface area contributed by atoms with Crippen molar-refractivity contribution in [3.8, 4) is 0 Å². The number of carbonyl (C=O) groups excluding carboxylic acids is 4. The molecule has 0 bridgehead atoms. The second-order valence-corrected chi connectivity index (χ2v) is 11.6. The third kappa shape index (κ3) is 10.5. The molecule has 3 amide bonds. The van der Waals surface area contributed by atoms with Gasteiger partial charge in [0.05, 0.1) is 13.0 Å². The van der Waals surface area contributed by atoms with Crippen LogP contribution in [0, 0.1) is 5.92 Å². The summed E-state index contributed by atoms with van der Waals surface area (Å²) in [6.45, 7) is 18.8. The van der Waals surface area contributed by atoms with E-state index in [0.29, 0.717) is 12.0 Å². The molecule has 1 aromatic carbocycles. The number of alkyl carbamates (subject to hydrolysis) is 1. The van der Waals surface area contributed by atoms with Gasteiger partial charge in [-0.1, -0.05) is 52.0 Å². The van der Waals surface area contributed by atoms with Crippen LogP contribution in [-0.2, 0) is 30.3 Å². The van der Waals surface area contributed by atoms with E-state index >= 15 is 0 Å². The van der Waals surface area contributed by atoms with Gasteiger partial charge in [0.2, 0.25) is 11.8 Å². The number of hydrogen-bond acceptors (Lipinski definition) is 6. The molecule has 39 heavy (non-hydrogen) atoms. The lowest BCUT2D eigenvalue weighted by atomic mass is 9.90. The first-order valence-corrected chi connectivity index (χ1v) is 13.9. The SMILES string of the molecule is CCOC(=O)CCNC(=O)C(c1ccc(CC)cc1)N(C(=O)C(NC(=O)OC(C)(C)C)C(C)C)C(C)(C)CC. The van der Waals surface area contributed by atoms with E-state index in [1.807, 2.05) is 65.8 Å². The molecule has 0 aliphatic carbocycles. The van der Waals surface area contributed by atoms with Gasteiger partial charge in [-0.05, 0) is 71.4 Å². The number of hydrogen-bond donors (Lipinski definition) is 2. The summed E-state index contributed by atoms with van der Waals surface area (Å²) in [5.74, 6) is -1.51. The highest BCUT2D eigenvalue weighted by molar-refractivity contribution is 5.93. The molecule has 9 nitrogen and oxygen atoms in total. The van der Waals surface area contributed by atoms with Crippen LogP contribution in [-0.4, -0.2) is 59.1 Å². The van der Waals surface area contributed by atoms with Gasteiger partial charge in [-0.2, -0.15) is 0 Å². The van der Waals surface area contributed by atoms with Crippen LogP contribution < -0.4 is 10.6 Å². The molecule has 0 spiro atoms. The zero-order chi connectivity index (χ0) is 30.0. The van der Waals surface area contributed by atoms with Gasteiger partial charge in [0.1, 0.15) is 17.7 Å². The molecule has 0 aromatic heterocycles. The van der Waals surface area contributed by atoms with Gasteiger partial charge in [-0.3, -0.25) is 14.4 Å². The third-order valence-corrected chi connectivity index (χ3v) is 6.50. The molecule has 0 aliphatic heterocycles. The lowest BCUT2D eigenvalue weighted by molar-refractivity contribution is -0.150. The molecule has 0 saturated heterocycles. The van der Waals surface area contributed by atoms with Gasteiger partial charge in [-0.25, -0.2) is 4.79 Å². The van der Waals surface area contributed by atoms with Gasteiger partial charge in [-0.15, -0.1) is 0 Å². The number of amides is 3. The fourth-order valence-electron chi connectivity index (χ4n) is 4.01. The van der Waals surface area contributed by atoms with Crippen molar-refractivity contribution < 1.29 is 28.7 Å². The Bertz CT molecular complexity index is 966. The van der Waals surface area contributed by atoms with E-state index in [0.717, 1.165) is 12.0 Å². The fourth-order valence-corrected chi connectivity index (χ4v) is 4.01. The van der Waals surface area contributed by atoms with Crippen molar-refractivity contribution in [2.24, 2.45) is 5.92 Å². The molecular formula is C30H49N3O6. The lowest BCUT2D eigenvalue weighted by Gasteiger charge is -2.45. The Labute approximate surface area is 234 Å². The predicted octanol–water partition coefficient (Wildman–Crippen LogP) is 4.93. The van der Waals surface area contributed by atoms with Crippen LogP contribution in [0.5, 0.6) is 0 Å². The van der Waals surface area contributed by atoms with Gasteiger partial charge in [0, 0.05) is 12.1 Å². The van der Waals surface area contributed by atoms with E-state index in [-0.39, 0.29) is 25.5 Å². The Kier molecular flexibility index (Phi) is 13.0. The first kappa shape index (κ1) is 33.9. The van der Waals surface area contributed by atoms with Crippen molar-refractivity contribution in [1.82, 2.24) is 15.5 Å². The maximum Gasteiger partial charge on any atom is 0.408 e. The minimum atomic E-state index is -0.998. The normalized spacial score (nSPS) is 13.3. The number of ether oxygens (including phenoxy) is 2. The van der Waals surface area contributed by atoms with Crippen molar-refractivity contribution in [2.45, 2.75) is 112 Å². The average Bonchev–Trinajstić information content (AvgIpc) is 2.84. The monoisotopic (exact) mass is 547 g/mol. The smallest absolute Gasteiger partial charge is 0.408 e. The molecule has 0 aliphatic rings. The number of benzene rings is 1. The van der Waals surface area contributed by atoms with Crippen molar-refractivity contribution in [2.75, 3.05) is 13.2 Å². The molecule has 1 aromatic rings. The second kappa shape index (κ2) is 14.9. The minimum Gasteiger partial charge on any atom is -0.466 e. The van der Waals surface area contributed by atoms with E-state index < -0.39 is 47.1 Å². The van der Waals surface area contributed by atoms with Gasteiger partial charge >= 0.3 is 12.1 Å². The highest BCUT2D eigenvalue weighted by Crippen LogP contribution is 2.33. The maximum atomic E-state index is 14.3. The Morgan fingerprint density at radius 1 is 0.949 bits per heavy atom. The highest BCUT2D eigenvalue weighted by Gasteiger charge is 2.43. The van der Waals surface area contributed by atoms with E-state index in [9.17, 15) is 19.2 Å². The topological polar surface area (TPSA) is 114 Å². The summed E-state index contributed by atoms with van der Waals surface area (Å²) >= 11 is 0. The molecule has 0 fully saturated rings. The first-order valence-electron chi connectivity index (χ1n) is 13.9. The number of carbonyl (C=O) groups is 4. The second-order valence-electron chi connectivity index (χ2n) is 11.6. The predicted molar refractivity (Wildman–Crippen MR) is 152 cm³/mol. The Morgan fingerprint density at radius 2 is 1.54 bits per heavy atom. The summed E-state index contributed by atoms with van der Waals surface area (Å²) in [7, 11) is 0. The maximum absolute atomic E-state index is 14.3. The lowest BCUT2D eigenvalue weighted by Crippen LogP contribution is -2.60. The quantitative estimate of drug-likeness (QED) is 0.339. The number of nitrogens with one attached hydrogen (secondary N) is 2. The van der Waals surface area contributed by atoms with E-state index in [1.54, 1.807) is 32.6 Å². The fraction of sp³-hybridized carbons (Fsp3) is 0.667. The van der Waals surface area contributed by atoms with Crippen LogP contribution in [0.1, 0.15) is 99.2 Å². The summed E-state index contributed by atoms with van der Waals surface area (Å²) in [5, 5.41) is 5.56. The summed E-state index contributed by atoms with van der Waals surface area (Å²) in [5.41, 5.74) is 0.237. The van der Waals surface area contributed by atoms with Gasteiger partial charge in [0.15, 0.2) is 0 Å². The van der Waals surface area contributed by atoms with Crippen LogP contribution in [0.3, 0.4) is 0 Å². The molecule has 0 saturated carbocycles. The van der Waals surface area contributed by atoms with Crippen LogP contribution in [0.25, 0.3) is 0 Å². The molecule has 2 unspecified atom stereocenters. The summed E-state index contributed by atoms with van der Waals surface area (Å²) in [6, 6.07) is 5.65. The number of nitrogens with zero attached hydrogens (tertiary/aromatic N) is 1. The Morgan fingerprint density at radius 3 is 2.00 bits per heavy atom. The molecule has 2 atom stereocenters. The van der Waals surface area contributed by atoms with Crippen LogP contribution in [0.2, 0.25) is 0 Å². The standard InChI is InChI=1S/C30H49N3O6/c1-11-21-14-16-22(17-15-21)25(26(35)31-19-18-23(34)38-13-3)33(30(9,10)12-2)27(36)24(20(4)5)32-28(37)39-29(6,7)8/h14-17,20,24-25H,11-13,18-19H2,1-10H3,(H,31,35)(H,32,37). The zero-order valence-electron chi connectivity index (χ0n) is 25.5. The Hall–Kier alpha value is -3.10. The molecule has 1 rings (SSSR count). The van der Waals surface area contributed by atoms with Crippen molar-refractivity contribution in [3.63, 3.8) is 0 Å². The van der Waals surface area contributed by atoms with E-state index in [2.05, 4.69) is 10.6 Å². The van der Waals surface area contributed by atoms with Gasteiger partial charge in [0.25, 0.3) is 0 Å². The van der Waals surface area contributed by atoms with Crippen LogP contribution in [0.15, 0.2) is 24.3 Å². The van der Waals surface area contributed by atoms with E-state index in [1.165, 1.54) is 0 Å². The molecule has 220 valence electrons. The number of aryl methyl sites for hydroxylation is 1. The number of rotatable bonds is 13. The van der Waals surface area contributed by atoms with Crippen molar-refractivity contribution in [1.29, 1.82) is 0 Å². The Balaban J connectivity index is 3.55.